The highest BCUT2D eigenvalue weighted by Gasteiger charge is 2.15. The van der Waals surface area contributed by atoms with E-state index in [4.69, 9.17) is 5.73 Å². The molecule has 0 saturated heterocycles. The van der Waals surface area contributed by atoms with Crippen molar-refractivity contribution in [3.8, 4) is 22.3 Å². The van der Waals surface area contributed by atoms with Crippen LogP contribution in [0.2, 0.25) is 0 Å². The highest BCUT2D eigenvalue weighted by atomic mass is 19.2. The number of nitrogens with two attached hydrogens (primary N) is 1. The molecule has 0 bridgehead atoms. The fourth-order valence-corrected chi connectivity index (χ4v) is 4.22. The Kier molecular flexibility index (Phi) is 7.51. The Labute approximate surface area is 232 Å². The normalized spacial score (nSPS) is 10.7. The largest absolute Gasteiger partial charge is 0.399 e. The van der Waals surface area contributed by atoms with Crippen molar-refractivity contribution in [1.82, 2.24) is 0 Å². The summed E-state index contributed by atoms with van der Waals surface area (Å²) in [5.74, 6) is -4.99. The van der Waals surface area contributed by atoms with E-state index in [1.54, 1.807) is 48.5 Å². The van der Waals surface area contributed by atoms with Gasteiger partial charge in [0.25, 0.3) is 11.8 Å². The third kappa shape index (κ3) is 6.25. The number of nitrogens with one attached hydrogen (secondary N) is 2. The van der Waals surface area contributed by atoms with Gasteiger partial charge in [0.2, 0.25) is 0 Å². The number of benzene rings is 5. The molecule has 0 aliphatic rings. The van der Waals surface area contributed by atoms with Crippen LogP contribution in [0.25, 0.3) is 22.3 Å². The molecule has 204 valence electrons. The highest BCUT2D eigenvalue weighted by Crippen LogP contribution is 2.27. The zero-order chi connectivity index (χ0) is 29.1. The van der Waals surface area contributed by atoms with E-state index in [0.29, 0.717) is 33.6 Å². The Morgan fingerprint density at radius 1 is 0.488 bits per heavy atom. The van der Waals surface area contributed by atoms with Crippen LogP contribution in [0.3, 0.4) is 0 Å². The van der Waals surface area contributed by atoms with Crippen molar-refractivity contribution in [2.24, 2.45) is 0 Å². The number of rotatable bonds is 6. The van der Waals surface area contributed by atoms with Gasteiger partial charge in [0.15, 0.2) is 23.3 Å². The second-order valence-electron chi connectivity index (χ2n) is 9.17. The number of nitrogen functional groups attached to an aromatic ring is 1. The first-order valence-corrected chi connectivity index (χ1v) is 12.3. The van der Waals surface area contributed by atoms with Crippen LogP contribution in [-0.2, 0) is 0 Å². The van der Waals surface area contributed by atoms with Gasteiger partial charge in [-0.25, -0.2) is 17.6 Å². The van der Waals surface area contributed by atoms with Gasteiger partial charge < -0.3 is 16.4 Å². The minimum atomic E-state index is -0.987. The van der Waals surface area contributed by atoms with Crippen LogP contribution >= 0.6 is 0 Å². The summed E-state index contributed by atoms with van der Waals surface area (Å²) in [7, 11) is 0. The molecule has 0 unspecified atom stereocenters. The summed E-state index contributed by atoms with van der Waals surface area (Å²) in [6, 6.07) is 24.4. The Morgan fingerprint density at radius 3 is 1.32 bits per heavy atom. The molecule has 5 rings (SSSR count). The number of hydrogen-bond donors (Lipinski definition) is 3. The minimum Gasteiger partial charge on any atom is -0.399 e. The van der Waals surface area contributed by atoms with Crippen molar-refractivity contribution < 1.29 is 27.2 Å². The zero-order valence-electron chi connectivity index (χ0n) is 21.2. The third-order valence-electron chi connectivity index (χ3n) is 6.23. The molecule has 5 aromatic carbocycles. The fourth-order valence-electron chi connectivity index (χ4n) is 4.22. The van der Waals surface area contributed by atoms with E-state index in [0.717, 1.165) is 24.3 Å². The summed E-state index contributed by atoms with van der Waals surface area (Å²) in [6.45, 7) is 0. The van der Waals surface area contributed by atoms with Crippen molar-refractivity contribution in [1.29, 1.82) is 0 Å². The first-order valence-electron chi connectivity index (χ1n) is 12.3. The van der Waals surface area contributed by atoms with Crippen LogP contribution in [0.1, 0.15) is 20.7 Å². The van der Waals surface area contributed by atoms with Crippen LogP contribution < -0.4 is 16.4 Å². The van der Waals surface area contributed by atoms with E-state index < -0.39 is 35.1 Å². The van der Waals surface area contributed by atoms with Crippen LogP contribution in [0.4, 0.5) is 34.6 Å². The standard InChI is InChI=1S/C32H21F4N3O2/c33-27-9-7-20(16-29(27)35)18-3-1-5-25(14-18)38-31(40)22-11-23(13-24(37)12-22)32(41)39-26-6-2-4-19(15-26)21-8-10-28(34)30(36)17-21/h1-17H,37H2,(H,38,40)(H,39,41). The molecule has 0 spiro atoms. The van der Waals surface area contributed by atoms with Gasteiger partial charge in [-0.3, -0.25) is 9.59 Å². The number of hydrogen-bond acceptors (Lipinski definition) is 3. The predicted molar refractivity (Wildman–Crippen MR) is 150 cm³/mol. The topological polar surface area (TPSA) is 84.2 Å². The molecule has 0 atom stereocenters. The van der Waals surface area contributed by atoms with E-state index in [1.165, 1.54) is 30.3 Å². The minimum absolute atomic E-state index is 0.115. The third-order valence-corrected chi connectivity index (χ3v) is 6.23. The Bertz CT molecular complexity index is 1680. The molecule has 0 radical (unpaired) electrons. The lowest BCUT2D eigenvalue weighted by atomic mass is 10.0. The van der Waals surface area contributed by atoms with Gasteiger partial charge in [0, 0.05) is 28.2 Å². The quantitative estimate of drug-likeness (QED) is 0.149. The molecular weight excluding hydrogens is 534 g/mol. The second kappa shape index (κ2) is 11.4. The number of anilines is 3. The molecule has 0 heterocycles. The molecule has 41 heavy (non-hydrogen) atoms. The van der Waals surface area contributed by atoms with Crippen LogP contribution in [0.5, 0.6) is 0 Å². The Balaban J connectivity index is 1.33. The molecule has 0 fully saturated rings. The average molecular weight is 556 g/mol. The van der Waals surface area contributed by atoms with Crippen molar-refractivity contribution >= 4 is 28.9 Å². The maximum atomic E-state index is 13.7. The molecule has 0 saturated carbocycles. The Hall–Kier alpha value is -5.44. The van der Waals surface area contributed by atoms with Gasteiger partial charge in [-0.15, -0.1) is 0 Å². The Morgan fingerprint density at radius 2 is 0.902 bits per heavy atom. The van der Waals surface area contributed by atoms with Crippen LogP contribution in [0.15, 0.2) is 103 Å². The smallest absolute Gasteiger partial charge is 0.255 e. The number of amides is 2. The van der Waals surface area contributed by atoms with E-state index in [-0.39, 0.29) is 16.8 Å². The first kappa shape index (κ1) is 27.1. The predicted octanol–water partition coefficient (Wildman–Crippen LogP) is 7.66. The summed E-state index contributed by atoms with van der Waals surface area (Å²) in [6.07, 6.45) is 0. The summed E-state index contributed by atoms with van der Waals surface area (Å²) in [4.78, 5) is 26.1. The molecule has 9 heteroatoms. The van der Waals surface area contributed by atoms with Gasteiger partial charge >= 0.3 is 0 Å². The average Bonchev–Trinajstić information content (AvgIpc) is 2.96. The molecule has 0 aliphatic heterocycles. The molecule has 5 nitrogen and oxygen atoms in total. The van der Waals surface area contributed by atoms with E-state index in [1.807, 2.05) is 0 Å². The monoisotopic (exact) mass is 555 g/mol. The van der Waals surface area contributed by atoms with Crippen LogP contribution in [-0.4, -0.2) is 11.8 Å². The van der Waals surface area contributed by atoms with Gasteiger partial charge in [0.05, 0.1) is 0 Å². The summed E-state index contributed by atoms with van der Waals surface area (Å²) < 4.78 is 54.0. The van der Waals surface area contributed by atoms with E-state index in [9.17, 15) is 27.2 Å². The van der Waals surface area contributed by atoms with Crippen LogP contribution in [0, 0.1) is 23.3 Å². The molecule has 4 N–H and O–H groups in total. The number of halogens is 4. The van der Waals surface area contributed by atoms with E-state index in [2.05, 4.69) is 10.6 Å². The SMILES string of the molecule is Nc1cc(C(=O)Nc2cccc(-c3ccc(F)c(F)c3)c2)cc(C(=O)Nc2cccc(-c3ccc(F)c(F)c3)c2)c1. The van der Waals surface area contributed by atoms with Crippen molar-refractivity contribution in [2.75, 3.05) is 16.4 Å². The van der Waals surface area contributed by atoms with Gasteiger partial charge in [-0.1, -0.05) is 36.4 Å². The molecule has 0 aliphatic carbocycles. The van der Waals surface area contributed by atoms with Crippen molar-refractivity contribution in [3.05, 3.63) is 138 Å². The molecular formula is C32H21F4N3O2. The lowest BCUT2D eigenvalue weighted by Gasteiger charge is -2.11. The second-order valence-corrected chi connectivity index (χ2v) is 9.17. The lowest BCUT2D eigenvalue weighted by Crippen LogP contribution is -2.16. The summed E-state index contributed by atoms with van der Waals surface area (Å²) in [5, 5.41) is 5.44. The first-order chi connectivity index (χ1) is 19.7. The van der Waals surface area contributed by atoms with Gasteiger partial charge in [-0.2, -0.15) is 0 Å². The van der Waals surface area contributed by atoms with Crippen molar-refractivity contribution in [2.45, 2.75) is 0 Å². The van der Waals surface area contributed by atoms with Gasteiger partial charge in [0.1, 0.15) is 0 Å². The fraction of sp³-hybridized carbons (Fsp3) is 0. The maximum Gasteiger partial charge on any atom is 0.255 e. The molecule has 0 aromatic heterocycles. The molecule has 5 aromatic rings. The van der Waals surface area contributed by atoms with Gasteiger partial charge in [-0.05, 0) is 89.0 Å². The zero-order valence-corrected chi connectivity index (χ0v) is 21.2. The van der Waals surface area contributed by atoms with Crippen molar-refractivity contribution in [3.63, 3.8) is 0 Å². The summed E-state index contributed by atoms with van der Waals surface area (Å²) in [5.41, 5.74) is 9.13. The van der Waals surface area contributed by atoms with E-state index >= 15 is 0 Å². The maximum absolute atomic E-state index is 13.7. The highest BCUT2D eigenvalue weighted by molar-refractivity contribution is 6.09. The molecule has 2 amide bonds. The lowest BCUT2D eigenvalue weighted by molar-refractivity contribution is 0.102. The summed E-state index contributed by atoms with van der Waals surface area (Å²) >= 11 is 0. The number of carbonyl (C=O) groups excluding carboxylic acids is 2. The number of carbonyl (C=O) groups is 2.